The second kappa shape index (κ2) is 10.6. The minimum atomic E-state index is -0.0351. The third-order valence-corrected chi connectivity index (χ3v) is 6.93. The Labute approximate surface area is 199 Å². The molecule has 2 heterocycles. The molecule has 0 saturated carbocycles. The number of rotatable bonds is 6. The molecule has 32 heavy (non-hydrogen) atoms. The van der Waals surface area contributed by atoms with E-state index in [2.05, 4.69) is 0 Å². The number of para-hydroxylation sites is 1. The molecule has 0 radical (unpaired) electrons. The van der Waals surface area contributed by atoms with Crippen LogP contribution in [0.5, 0.6) is 5.75 Å². The Balaban J connectivity index is 1.34. The van der Waals surface area contributed by atoms with E-state index in [1.807, 2.05) is 28.0 Å². The van der Waals surface area contributed by atoms with Gasteiger partial charge in [-0.2, -0.15) is 0 Å². The summed E-state index contributed by atoms with van der Waals surface area (Å²) < 4.78 is 5.96. The van der Waals surface area contributed by atoms with Crippen LogP contribution in [0.3, 0.4) is 0 Å². The van der Waals surface area contributed by atoms with Gasteiger partial charge >= 0.3 is 0 Å². The lowest BCUT2D eigenvalue weighted by Crippen LogP contribution is -2.40. The summed E-state index contributed by atoms with van der Waals surface area (Å²) in [5, 5.41) is 1.10. The average Bonchev–Trinajstić information content (AvgIpc) is 3.34. The molecule has 2 amide bonds. The van der Waals surface area contributed by atoms with Crippen LogP contribution in [0.2, 0.25) is 10.0 Å². The van der Waals surface area contributed by atoms with Crippen molar-refractivity contribution in [2.24, 2.45) is 5.92 Å². The van der Waals surface area contributed by atoms with Crippen molar-refractivity contribution in [3.63, 3.8) is 0 Å². The van der Waals surface area contributed by atoms with E-state index in [-0.39, 0.29) is 18.4 Å². The van der Waals surface area contributed by atoms with Gasteiger partial charge in [-0.1, -0.05) is 41.4 Å². The summed E-state index contributed by atoms with van der Waals surface area (Å²) in [7, 11) is 0. The highest BCUT2D eigenvalue weighted by Gasteiger charge is 2.28. The lowest BCUT2D eigenvalue weighted by Gasteiger charge is -2.32. The fourth-order valence-corrected chi connectivity index (χ4v) is 4.88. The van der Waals surface area contributed by atoms with Gasteiger partial charge in [0.05, 0.1) is 5.56 Å². The van der Waals surface area contributed by atoms with Crippen molar-refractivity contribution in [1.82, 2.24) is 9.80 Å². The molecular formula is C25H28Cl2N2O3. The van der Waals surface area contributed by atoms with Gasteiger partial charge in [0.15, 0.2) is 0 Å². The van der Waals surface area contributed by atoms with Crippen LogP contribution in [-0.2, 0) is 11.4 Å². The number of hydrogen-bond donors (Lipinski definition) is 0. The number of likely N-dealkylation sites (tertiary alicyclic amines) is 2. The lowest BCUT2D eigenvalue weighted by molar-refractivity contribution is -0.131. The molecule has 2 aliphatic heterocycles. The van der Waals surface area contributed by atoms with Crippen LogP contribution in [0, 0.1) is 5.92 Å². The summed E-state index contributed by atoms with van der Waals surface area (Å²) in [4.78, 5) is 29.5. The summed E-state index contributed by atoms with van der Waals surface area (Å²) in [6.45, 7) is 3.37. The van der Waals surface area contributed by atoms with Crippen molar-refractivity contribution in [3.8, 4) is 5.75 Å². The fraction of sp³-hybridized carbons (Fsp3) is 0.440. The zero-order chi connectivity index (χ0) is 22.5. The van der Waals surface area contributed by atoms with Crippen LogP contribution >= 0.6 is 23.2 Å². The van der Waals surface area contributed by atoms with Crippen LogP contribution < -0.4 is 4.74 Å². The van der Waals surface area contributed by atoms with Crippen molar-refractivity contribution in [3.05, 3.63) is 63.6 Å². The first kappa shape index (κ1) is 22.9. The third-order valence-electron chi connectivity index (χ3n) is 6.34. The average molecular weight is 475 g/mol. The highest BCUT2D eigenvalue weighted by Crippen LogP contribution is 2.28. The molecule has 0 bridgehead atoms. The molecule has 0 N–H and O–H groups in total. The zero-order valence-electron chi connectivity index (χ0n) is 18.1. The first-order chi connectivity index (χ1) is 15.5. The molecule has 2 aliphatic rings. The molecule has 0 atom stereocenters. The van der Waals surface area contributed by atoms with E-state index < -0.39 is 0 Å². The minimum Gasteiger partial charge on any atom is -0.488 e. The smallest absolute Gasteiger partial charge is 0.257 e. The second-order valence-electron chi connectivity index (χ2n) is 8.55. The Morgan fingerprint density at radius 2 is 1.66 bits per heavy atom. The first-order valence-electron chi connectivity index (χ1n) is 11.2. The standard InChI is InChI=1S/C25H28Cl2N2O3/c26-20-8-7-19(22(27)16-20)17-32-23-6-2-1-5-21(23)25(31)29-13-9-18(10-14-29)15-24(30)28-11-3-4-12-28/h1-2,5-8,16,18H,3-4,9-15,17H2. The third kappa shape index (κ3) is 5.57. The number of carbonyl (C=O) groups is 2. The van der Waals surface area contributed by atoms with Gasteiger partial charge in [0, 0.05) is 48.2 Å². The van der Waals surface area contributed by atoms with Crippen LogP contribution in [-0.4, -0.2) is 47.8 Å². The largest absolute Gasteiger partial charge is 0.488 e. The predicted octanol–water partition coefficient (Wildman–Crippen LogP) is 5.44. The fourth-order valence-electron chi connectivity index (χ4n) is 4.42. The van der Waals surface area contributed by atoms with E-state index >= 15 is 0 Å². The molecule has 0 spiro atoms. The maximum atomic E-state index is 13.2. The number of piperidine rings is 1. The van der Waals surface area contributed by atoms with E-state index in [9.17, 15) is 9.59 Å². The van der Waals surface area contributed by atoms with Crippen molar-refractivity contribution in [2.45, 2.75) is 38.7 Å². The summed E-state index contributed by atoms with van der Waals surface area (Å²) in [5.74, 6) is 1.12. The maximum absolute atomic E-state index is 13.2. The molecule has 2 fully saturated rings. The van der Waals surface area contributed by atoms with Gasteiger partial charge in [0.2, 0.25) is 5.91 Å². The van der Waals surface area contributed by atoms with Crippen molar-refractivity contribution in [2.75, 3.05) is 26.2 Å². The van der Waals surface area contributed by atoms with Gasteiger partial charge in [-0.25, -0.2) is 0 Å². The van der Waals surface area contributed by atoms with Crippen molar-refractivity contribution < 1.29 is 14.3 Å². The van der Waals surface area contributed by atoms with E-state index in [1.54, 1.807) is 24.3 Å². The molecule has 0 aromatic heterocycles. The number of hydrogen-bond acceptors (Lipinski definition) is 3. The number of amides is 2. The Morgan fingerprint density at radius 1 is 0.938 bits per heavy atom. The number of ether oxygens (including phenoxy) is 1. The normalized spacial score (nSPS) is 16.9. The monoisotopic (exact) mass is 474 g/mol. The topological polar surface area (TPSA) is 49.9 Å². The summed E-state index contributed by atoms with van der Waals surface area (Å²) in [6.07, 6.45) is 4.54. The molecule has 4 rings (SSSR count). The maximum Gasteiger partial charge on any atom is 0.257 e. The van der Waals surface area contributed by atoms with E-state index in [4.69, 9.17) is 27.9 Å². The molecule has 170 valence electrons. The molecule has 2 aromatic carbocycles. The molecule has 0 unspecified atom stereocenters. The Hall–Kier alpha value is -2.24. The van der Waals surface area contributed by atoms with Gasteiger partial charge in [0.1, 0.15) is 12.4 Å². The van der Waals surface area contributed by atoms with Crippen molar-refractivity contribution >= 4 is 35.0 Å². The van der Waals surface area contributed by atoms with Crippen LogP contribution in [0.25, 0.3) is 0 Å². The van der Waals surface area contributed by atoms with Gasteiger partial charge in [-0.3, -0.25) is 9.59 Å². The number of benzene rings is 2. The quantitative estimate of drug-likeness (QED) is 0.559. The van der Waals surface area contributed by atoms with Gasteiger partial charge < -0.3 is 14.5 Å². The van der Waals surface area contributed by atoms with E-state index in [1.165, 1.54) is 0 Å². The number of halogens is 2. The Kier molecular flexibility index (Phi) is 7.59. The van der Waals surface area contributed by atoms with E-state index in [0.717, 1.165) is 44.3 Å². The van der Waals surface area contributed by atoms with Gasteiger partial charge in [-0.15, -0.1) is 0 Å². The Bertz CT molecular complexity index is 967. The number of carbonyl (C=O) groups excluding carboxylic acids is 2. The summed E-state index contributed by atoms with van der Waals surface area (Å²) >= 11 is 12.2. The molecule has 2 aromatic rings. The highest BCUT2D eigenvalue weighted by molar-refractivity contribution is 6.35. The lowest BCUT2D eigenvalue weighted by atomic mass is 9.92. The summed E-state index contributed by atoms with van der Waals surface area (Å²) in [6, 6.07) is 12.6. The first-order valence-corrected chi connectivity index (χ1v) is 12.0. The molecular weight excluding hydrogens is 447 g/mol. The van der Waals surface area contributed by atoms with Crippen molar-refractivity contribution in [1.29, 1.82) is 0 Å². The summed E-state index contributed by atoms with van der Waals surface area (Å²) in [5.41, 5.74) is 1.35. The van der Waals surface area contributed by atoms with E-state index in [0.29, 0.717) is 46.8 Å². The zero-order valence-corrected chi connectivity index (χ0v) is 19.6. The Morgan fingerprint density at radius 3 is 2.38 bits per heavy atom. The SMILES string of the molecule is O=C(CC1CCN(C(=O)c2ccccc2OCc2ccc(Cl)cc2Cl)CC1)N1CCCC1. The molecule has 5 nitrogen and oxygen atoms in total. The second-order valence-corrected chi connectivity index (χ2v) is 9.39. The highest BCUT2D eigenvalue weighted by atomic mass is 35.5. The van der Waals surface area contributed by atoms with Gasteiger partial charge in [0.25, 0.3) is 5.91 Å². The number of nitrogens with zero attached hydrogens (tertiary/aromatic N) is 2. The molecule has 0 aliphatic carbocycles. The van der Waals surface area contributed by atoms with Crippen LogP contribution in [0.4, 0.5) is 0 Å². The minimum absolute atomic E-state index is 0.0351. The molecule has 7 heteroatoms. The van der Waals surface area contributed by atoms with Crippen LogP contribution in [0.1, 0.15) is 48.0 Å². The predicted molar refractivity (Wildman–Crippen MR) is 126 cm³/mol. The molecule has 2 saturated heterocycles. The van der Waals surface area contributed by atoms with Gasteiger partial charge in [-0.05, 0) is 55.9 Å². The van der Waals surface area contributed by atoms with Crippen LogP contribution in [0.15, 0.2) is 42.5 Å².